The summed E-state index contributed by atoms with van der Waals surface area (Å²) in [4.78, 5) is 12.5. The molecule has 0 bridgehead atoms. The molecule has 6 heteroatoms. The van der Waals surface area contributed by atoms with Crippen LogP contribution in [-0.2, 0) is 4.79 Å². The number of hydrogen-bond donors (Lipinski definition) is 5. The Morgan fingerprint density at radius 1 is 0.667 bits per heavy atom. The summed E-state index contributed by atoms with van der Waals surface area (Å²) in [6.45, 7) is 12.8. The summed E-state index contributed by atoms with van der Waals surface area (Å²) >= 11 is 0. The fourth-order valence-corrected chi connectivity index (χ4v) is 11.6. The zero-order valence-electron chi connectivity index (χ0n) is 23.3. The van der Waals surface area contributed by atoms with Gasteiger partial charge in [-0.1, -0.05) is 34.6 Å². The Morgan fingerprint density at radius 3 is 1.83 bits per heavy atom. The maximum Gasteiger partial charge on any atom is 0.312 e. The van der Waals surface area contributed by atoms with E-state index in [1.165, 1.54) is 0 Å². The molecular formula is C30H50O6. The predicted octanol–water partition coefficient (Wildman–Crippen LogP) is 4.37. The average Bonchev–Trinajstić information content (AvgIpc) is 2.91. The molecule has 0 aromatic rings. The van der Waals surface area contributed by atoms with Crippen LogP contribution in [0.15, 0.2) is 0 Å². The Hall–Kier alpha value is -0.690. The van der Waals surface area contributed by atoms with Gasteiger partial charge in [-0.3, -0.25) is 4.79 Å². The van der Waals surface area contributed by atoms with Crippen LogP contribution in [0.3, 0.4) is 0 Å². The first-order chi connectivity index (χ1) is 16.5. The van der Waals surface area contributed by atoms with Crippen molar-refractivity contribution >= 4 is 5.97 Å². The number of carboxylic acid groups (broad SMARTS) is 1. The largest absolute Gasteiger partial charge is 0.481 e. The van der Waals surface area contributed by atoms with Crippen molar-refractivity contribution in [3.05, 3.63) is 0 Å². The summed E-state index contributed by atoms with van der Waals surface area (Å²) in [5.74, 6) is -0.721. The van der Waals surface area contributed by atoms with Gasteiger partial charge >= 0.3 is 5.97 Å². The molecule has 0 amide bonds. The molecule has 5 aliphatic carbocycles. The number of fused-ring (bicyclic) bond motifs is 6. The normalized spacial score (nSPS) is 58.4. The number of hydrogen-bond acceptors (Lipinski definition) is 5. The topological polar surface area (TPSA) is 118 Å². The SMILES string of the molecule is CC1(C)[C@H](O)CC[C@]2(C)[C@H]3CC[C@H]4[C@@](C)(CC[C@@H]5[C@]4(C)CC[C@H](O)[C@]5(C)C(=O)O)C[C@]3(O)[C@@H](O)C[C@@H]12. The monoisotopic (exact) mass is 506 g/mol. The fourth-order valence-electron chi connectivity index (χ4n) is 11.6. The minimum Gasteiger partial charge on any atom is -0.481 e. The lowest BCUT2D eigenvalue weighted by Gasteiger charge is -2.65. The fraction of sp³-hybridized carbons (Fsp3) is 0.967. The van der Waals surface area contributed by atoms with Crippen molar-refractivity contribution in [1.29, 1.82) is 0 Å². The van der Waals surface area contributed by atoms with Crippen LogP contribution in [0, 0.1) is 50.7 Å². The first kappa shape index (κ1) is 26.9. The van der Waals surface area contributed by atoms with Gasteiger partial charge in [-0.15, -0.1) is 0 Å². The highest BCUT2D eigenvalue weighted by molar-refractivity contribution is 5.76. The van der Waals surface area contributed by atoms with Crippen LogP contribution >= 0.6 is 0 Å². The number of aliphatic hydroxyl groups excluding tert-OH is 3. The maximum atomic E-state index is 12.5. The van der Waals surface area contributed by atoms with Gasteiger partial charge in [-0.05, 0) is 116 Å². The zero-order chi connectivity index (χ0) is 26.7. The molecule has 0 saturated heterocycles. The minimum atomic E-state index is -1.18. The number of carbonyl (C=O) groups is 1. The number of rotatable bonds is 1. The molecule has 0 aromatic heterocycles. The van der Waals surface area contributed by atoms with Gasteiger partial charge in [0.15, 0.2) is 0 Å². The van der Waals surface area contributed by atoms with E-state index >= 15 is 0 Å². The Balaban J connectivity index is 1.56. The van der Waals surface area contributed by atoms with Gasteiger partial charge in [0.1, 0.15) is 0 Å². The van der Waals surface area contributed by atoms with Gasteiger partial charge < -0.3 is 25.5 Å². The van der Waals surface area contributed by atoms with Gasteiger partial charge in [0.2, 0.25) is 0 Å². The second-order valence-electron chi connectivity index (χ2n) is 15.4. The Bertz CT molecular complexity index is 919. The second-order valence-corrected chi connectivity index (χ2v) is 15.4. The third-order valence-electron chi connectivity index (χ3n) is 13.6. The molecule has 5 aliphatic rings. The van der Waals surface area contributed by atoms with Gasteiger partial charge in [-0.25, -0.2) is 0 Å². The molecule has 36 heavy (non-hydrogen) atoms. The average molecular weight is 507 g/mol. The van der Waals surface area contributed by atoms with Crippen LogP contribution in [-0.4, -0.2) is 55.4 Å². The van der Waals surface area contributed by atoms with Crippen LogP contribution in [0.2, 0.25) is 0 Å². The molecule has 0 aliphatic heterocycles. The van der Waals surface area contributed by atoms with E-state index in [0.717, 1.165) is 44.9 Å². The molecule has 5 saturated carbocycles. The molecule has 0 radical (unpaired) electrons. The number of aliphatic carboxylic acids is 1. The first-order valence-electron chi connectivity index (χ1n) is 14.5. The molecule has 0 spiro atoms. The first-order valence-corrected chi connectivity index (χ1v) is 14.5. The number of carboxylic acids is 1. The van der Waals surface area contributed by atoms with Crippen LogP contribution in [0.1, 0.15) is 106 Å². The van der Waals surface area contributed by atoms with Gasteiger partial charge in [0.25, 0.3) is 0 Å². The van der Waals surface area contributed by atoms with Crippen molar-refractivity contribution in [3.63, 3.8) is 0 Å². The molecule has 6 nitrogen and oxygen atoms in total. The van der Waals surface area contributed by atoms with E-state index < -0.39 is 35.3 Å². The van der Waals surface area contributed by atoms with E-state index in [1.807, 2.05) is 0 Å². The molecule has 5 N–H and O–H groups in total. The smallest absolute Gasteiger partial charge is 0.312 e. The minimum absolute atomic E-state index is 0.0601. The molecule has 0 unspecified atom stereocenters. The summed E-state index contributed by atoms with van der Waals surface area (Å²) in [6, 6.07) is 0. The van der Waals surface area contributed by atoms with Crippen molar-refractivity contribution in [2.45, 2.75) is 130 Å². The van der Waals surface area contributed by atoms with Crippen LogP contribution in [0.5, 0.6) is 0 Å². The molecular weight excluding hydrogens is 456 g/mol. The molecule has 5 rings (SSSR count). The summed E-state index contributed by atoms with van der Waals surface area (Å²) in [7, 11) is 0. The lowest BCUT2D eigenvalue weighted by molar-refractivity contribution is -0.252. The standard InChI is InChI=1S/C30H50O6/c1-25(2)20-15-23(33)30(36)16-26(3)12-9-18-27(4,14-11-22(32)29(18,6)24(34)35)17(26)7-8-19(30)28(20,5)13-10-21(25)31/h17-23,31-33,36H,7-16H2,1-6H3,(H,34,35)/t17-,18+,19+,20-,21+,22-,23-,26-,27+,28+,29+,30+/m0/s1. The third kappa shape index (κ3) is 3.20. The van der Waals surface area contributed by atoms with Crippen LogP contribution in [0.4, 0.5) is 0 Å². The molecule has 206 valence electrons. The summed E-state index contributed by atoms with van der Waals surface area (Å²) in [5.41, 5.74) is -3.27. The molecule has 0 heterocycles. The highest BCUT2D eigenvalue weighted by Crippen LogP contribution is 2.71. The molecule has 12 atom stereocenters. The molecule has 5 fully saturated rings. The summed E-state index contributed by atoms with van der Waals surface area (Å²) in [6.07, 6.45) is 5.08. The van der Waals surface area contributed by atoms with Crippen molar-refractivity contribution in [3.8, 4) is 0 Å². The van der Waals surface area contributed by atoms with E-state index in [9.17, 15) is 30.3 Å². The van der Waals surface area contributed by atoms with Crippen molar-refractivity contribution in [2.75, 3.05) is 0 Å². The van der Waals surface area contributed by atoms with E-state index in [2.05, 4.69) is 34.6 Å². The van der Waals surface area contributed by atoms with E-state index in [1.54, 1.807) is 6.92 Å². The van der Waals surface area contributed by atoms with Gasteiger partial charge in [-0.2, -0.15) is 0 Å². The Labute approximate surface area is 216 Å². The summed E-state index contributed by atoms with van der Waals surface area (Å²) < 4.78 is 0. The third-order valence-corrected chi connectivity index (χ3v) is 13.6. The van der Waals surface area contributed by atoms with E-state index in [-0.39, 0.29) is 45.3 Å². The second kappa shape index (κ2) is 7.92. The van der Waals surface area contributed by atoms with Crippen molar-refractivity contribution < 1.29 is 30.3 Å². The quantitative estimate of drug-likeness (QED) is 0.360. The Morgan fingerprint density at radius 2 is 1.22 bits per heavy atom. The van der Waals surface area contributed by atoms with Crippen molar-refractivity contribution in [1.82, 2.24) is 0 Å². The predicted molar refractivity (Wildman–Crippen MR) is 137 cm³/mol. The van der Waals surface area contributed by atoms with E-state index in [0.29, 0.717) is 19.3 Å². The highest BCUT2D eigenvalue weighted by Gasteiger charge is 2.70. The van der Waals surface area contributed by atoms with Gasteiger partial charge in [0.05, 0.1) is 29.3 Å². The van der Waals surface area contributed by atoms with Crippen molar-refractivity contribution in [2.24, 2.45) is 50.7 Å². The maximum absolute atomic E-state index is 12.5. The molecule has 0 aromatic carbocycles. The Kier molecular flexibility index (Phi) is 5.92. The summed E-state index contributed by atoms with van der Waals surface area (Å²) in [5, 5.41) is 56.1. The number of aliphatic hydroxyl groups is 4. The van der Waals surface area contributed by atoms with Gasteiger partial charge in [0, 0.05) is 0 Å². The lowest BCUT2D eigenvalue weighted by atomic mass is 9.41. The van der Waals surface area contributed by atoms with Crippen LogP contribution in [0.25, 0.3) is 0 Å². The van der Waals surface area contributed by atoms with Crippen LogP contribution < -0.4 is 0 Å². The van der Waals surface area contributed by atoms with E-state index in [4.69, 9.17) is 0 Å². The highest BCUT2D eigenvalue weighted by atomic mass is 16.4. The lowest BCUT2D eigenvalue weighted by Crippen LogP contribution is -2.67. The zero-order valence-corrected chi connectivity index (χ0v) is 23.3.